The molecule has 0 bridgehead atoms. The maximum Gasteiger partial charge on any atom is 0.251 e. The molecule has 6 nitrogen and oxygen atoms in total. The van der Waals surface area contributed by atoms with Gasteiger partial charge in [-0.3, -0.25) is 9.59 Å². The fraction of sp³-hybridized carbons (Fsp3) is 0.556. The molecule has 2 saturated heterocycles. The van der Waals surface area contributed by atoms with Gasteiger partial charge < -0.3 is 20.3 Å². The first kappa shape index (κ1) is 18.4. The Hall–Kier alpha value is -1.35. The lowest BCUT2D eigenvalue weighted by molar-refractivity contribution is -0.130. The minimum Gasteiger partial charge on any atom is -0.375 e. The molecule has 2 aliphatic heterocycles. The molecule has 136 valence electrons. The quantitative estimate of drug-likeness (QED) is 0.523. The molecule has 3 rings (SSSR count). The lowest BCUT2D eigenvalue weighted by atomic mass is 10.0. The van der Waals surface area contributed by atoms with Gasteiger partial charge in [0.1, 0.15) is 0 Å². The van der Waals surface area contributed by atoms with Gasteiger partial charge >= 0.3 is 0 Å². The highest BCUT2D eigenvalue weighted by atomic mass is 127. The molecule has 1 aromatic carbocycles. The Bertz CT molecular complexity index is 668. The van der Waals surface area contributed by atoms with Gasteiger partial charge in [0, 0.05) is 28.4 Å². The number of rotatable bonds is 5. The largest absolute Gasteiger partial charge is 0.375 e. The summed E-state index contributed by atoms with van der Waals surface area (Å²) in [5, 5.41) is 6.26. The molecule has 2 N–H and O–H groups in total. The third-order valence-corrected chi connectivity index (χ3v) is 5.73. The van der Waals surface area contributed by atoms with Crippen molar-refractivity contribution in [3.05, 3.63) is 26.8 Å². The number of hydrogen-bond donors (Lipinski definition) is 2. The highest BCUT2D eigenvalue weighted by molar-refractivity contribution is 14.1. The van der Waals surface area contributed by atoms with E-state index in [0.29, 0.717) is 26.2 Å². The summed E-state index contributed by atoms with van der Waals surface area (Å²) in [4.78, 5) is 26.0. The SMILES string of the molecule is Cc1cc(I)c(NCC(=O)N2CCC(NC(=O)C3CO3)CC2)cc1C. The van der Waals surface area contributed by atoms with Crippen LogP contribution in [0.15, 0.2) is 12.1 Å². The second kappa shape index (κ2) is 7.90. The third kappa shape index (κ3) is 4.84. The van der Waals surface area contributed by atoms with Crippen molar-refractivity contribution in [2.24, 2.45) is 0 Å². The van der Waals surface area contributed by atoms with Crippen LogP contribution in [0.2, 0.25) is 0 Å². The number of carbonyl (C=O) groups is 2. The lowest BCUT2D eigenvalue weighted by Gasteiger charge is -2.32. The third-order valence-electron chi connectivity index (χ3n) is 4.83. The lowest BCUT2D eigenvalue weighted by Crippen LogP contribution is -2.48. The first-order chi connectivity index (χ1) is 11.9. The predicted molar refractivity (Wildman–Crippen MR) is 105 cm³/mol. The average Bonchev–Trinajstić information content (AvgIpc) is 3.42. The van der Waals surface area contributed by atoms with Crippen LogP contribution in [0, 0.1) is 17.4 Å². The number of benzene rings is 1. The van der Waals surface area contributed by atoms with Crippen LogP contribution in [0.25, 0.3) is 0 Å². The zero-order chi connectivity index (χ0) is 18.0. The molecule has 25 heavy (non-hydrogen) atoms. The number of nitrogens with zero attached hydrogens (tertiary/aromatic N) is 1. The Morgan fingerprint density at radius 1 is 1.24 bits per heavy atom. The summed E-state index contributed by atoms with van der Waals surface area (Å²) >= 11 is 2.29. The fourth-order valence-electron chi connectivity index (χ4n) is 2.97. The van der Waals surface area contributed by atoms with Gasteiger partial charge in [0.05, 0.1) is 13.2 Å². The molecule has 2 heterocycles. The van der Waals surface area contributed by atoms with Crippen molar-refractivity contribution >= 4 is 40.1 Å². The van der Waals surface area contributed by atoms with Crippen LogP contribution in [0.4, 0.5) is 5.69 Å². The second-order valence-corrected chi connectivity index (χ2v) is 7.92. The predicted octanol–water partition coefficient (Wildman–Crippen LogP) is 1.83. The summed E-state index contributed by atoms with van der Waals surface area (Å²) in [7, 11) is 0. The Balaban J connectivity index is 1.45. The number of hydrogen-bond acceptors (Lipinski definition) is 4. The Labute approximate surface area is 161 Å². The van der Waals surface area contributed by atoms with Gasteiger partial charge in [0.25, 0.3) is 5.91 Å². The number of amides is 2. The maximum absolute atomic E-state index is 12.4. The molecule has 1 unspecified atom stereocenters. The van der Waals surface area contributed by atoms with Crippen molar-refractivity contribution in [3.8, 4) is 0 Å². The highest BCUT2D eigenvalue weighted by Gasteiger charge is 2.33. The van der Waals surface area contributed by atoms with E-state index in [4.69, 9.17) is 4.74 Å². The summed E-state index contributed by atoms with van der Waals surface area (Å²) in [5.41, 5.74) is 3.47. The van der Waals surface area contributed by atoms with Crippen molar-refractivity contribution in [1.29, 1.82) is 0 Å². The number of ether oxygens (including phenoxy) is 1. The number of piperidine rings is 1. The summed E-state index contributed by atoms with van der Waals surface area (Å²) in [5.74, 6) is 0.0834. The van der Waals surface area contributed by atoms with E-state index in [1.165, 1.54) is 11.1 Å². The summed E-state index contributed by atoms with van der Waals surface area (Å²) in [6.07, 6.45) is 1.35. The van der Waals surface area contributed by atoms with Crippen LogP contribution in [-0.2, 0) is 14.3 Å². The van der Waals surface area contributed by atoms with Gasteiger partial charge in [-0.25, -0.2) is 0 Å². The minimum atomic E-state index is -0.246. The molecule has 0 radical (unpaired) electrons. The van der Waals surface area contributed by atoms with E-state index in [2.05, 4.69) is 59.2 Å². The van der Waals surface area contributed by atoms with E-state index in [1.807, 2.05) is 4.90 Å². The van der Waals surface area contributed by atoms with Gasteiger partial charge in [-0.1, -0.05) is 0 Å². The highest BCUT2D eigenvalue weighted by Crippen LogP contribution is 2.22. The van der Waals surface area contributed by atoms with Gasteiger partial charge in [0.15, 0.2) is 6.10 Å². The molecule has 0 saturated carbocycles. The number of aryl methyl sites for hydroxylation is 2. The average molecular weight is 457 g/mol. The monoisotopic (exact) mass is 457 g/mol. The molecule has 1 aromatic rings. The molecular weight excluding hydrogens is 433 g/mol. The van der Waals surface area contributed by atoms with E-state index in [-0.39, 0.29) is 24.0 Å². The van der Waals surface area contributed by atoms with Crippen LogP contribution in [0.5, 0.6) is 0 Å². The summed E-state index contributed by atoms with van der Waals surface area (Å²) < 4.78 is 6.11. The first-order valence-corrected chi connectivity index (χ1v) is 9.72. The maximum atomic E-state index is 12.4. The zero-order valence-electron chi connectivity index (χ0n) is 14.6. The van der Waals surface area contributed by atoms with Crippen LogP contribution in [0.3, 0.4) is 0 Å². The fourth-order valence-corrected chi connectivity index (χ4v) is 3.78. The number of likely N-dealkylation sites (tertiary alicyclic amines) is 1. The molecule has 2 fully saturated rings. The molecule has 2 aliphatic rings. The van der Waals surface area contributed by atoms with Crippen molar-refractivity contribution in [2.45, 2.75) is 38.8 Å². The van der Waals surface area contributed by atoms with Gasteiger partial charge in [-0.2, -0.15) is 0 Å². The van der Waals surface area contributed by atoms with Crippen molar-refractivity contribution in [1.82, 2.24) is 10.2 Å². The number of halogens is 1. The van der Waals surface area contributed by atoms with Gasteiger partial charge in [-0.15, -0.1) is 0 Å². The van der Waals surface area contributed by atoms with E-state index >= 15 is 0 Å². The molecule has 0 spiro atoms. The van der Waals surface area contributed by atoms with Crippen molar-refractivity contribution < 1.29 is 14.3 Å². The summed E-state index contributed by atoms with van der Waals surface area (Å²) in [6, 6.07) is 4.36. The minimum absolute atomic E-state index is 0.0178. The van der Waals surface area contributed by atoms with E-state index in [1.54, 1.807) is 0 Å². The molecule has 0 aromatic heterocycles. The Morgan fingerprint density at radius 2 is 1.88 bits per heavy atom. The van der Waals surface area contributed by atoms with Crippen molar-refractivity contribution in [2.75, 3.05) is 31.6 Å². The second-order valence-electron chi connectivity index (χ2n) is 6.76. The molecule has 7 heteroatoms. The zero-order valence-corrected chi connectivity index (χ0v) is 16.8. The summed E-state index contributed by atoms with van der Waals surface area (Å²) in [6.45, 7) is 6.36. The number of anilines is 1. The standard InChI is InChI=1S/C18H24IN3O3/c1-11-7-14(19)15(8-12(11)2)20-9-17(23)22-5-3-13(4-6-22)21-18(24)16-10-25-16/h7-8,13,16,20H,3-6,9-10H2,1-2H3,(H,21,24). The van der Waals surface area contributed by atoms with E-state index in [0.717, 1.165) is 22.1 Å². The first-order valence-electron chi connectivity index (χ1n) is 8.64. The van der Waals surface area contributed by atoms with Crippen LogP contribution in [0.1, 0.15) is 24.0 Å². The molecule has 1 atom stereocenters. The normalized spacial score (nSPS) is 20.3. The van der Waals surface area contributed by atoms with Crippen LogP contribution < -0.4 is 10.6 Å². The van der Waals surface area contributed by atoms with Crippen LogP contribution in [-0.4, -0.2) is 55.1 Å². The molecule has 2 amide bonds. The number of carbonyl (C=O) groups excluding carboxylic acids is 2. The Kier molecular flexibility index (Phi) is 5.83. The smallest absolute Gasteiger partial charge is 0.251 e. The van der Waals surface area contributed by atoms with E-state index < -0.39 is 0 Å². The topological polar surface area (TPSA) is 74.0 Å². The van der Waals surface area contributed by atoms with Gasteiger partial charge in [-0.05, 0) is 72.5 Å². The van der Waals surface area contributed by atoms with Gasteiger partial charge in [0.2, 0.25) is 5.91 Å². The van der Waals surface area contributed by atoms with Crippen LogP contribution >= 0.6 is 22.6 Å². The number of nitrogens with one attached hydrogen (secondary N) is 2. The Morgan fingerprint density at radius 3 is 2.52 bits per heavy atom. The number of epoxide rings is 1. The van der Waals surface area contributed by atoms with E-state index in [9.17, 15) is 9.59 Å². The molecule has 0 aliphatic carbocycles. The molecular formula is C18H24IN3O3. The van der Waals surface area contributed by atoms with Crippen molar-refractivity contribution in [3.63, 3.8) is 0 Å².